The number of hydrogen-bond acceptors (Lipinski definition) is 0. The van der Waals surface area contributed by atoms with Crippen LogP contribution in [0.1, 0.15) is 55.6 Å². The molecule has 0 saturated carbocycles. The Morgan fingerprint density at radius 3 is 1.17 bits per heavy atom. The lowest BCUT2D eigenvalue weighted by molar-refractivity contribution is 0.793. The van der Waals surface area contributed by atoms with E-state index in [2.05, 4.69) is 155 Å². The lowest BCUT2D eigenvalue weighted by Gasteiger charge is -2.30. The van der Waals surface area contributed by atoms with Crippen LogP contribution in [0.15, 0.2) is 118 Å². The molecule has 0 atom stereocenters. The molecule has 2 aliphatic rings. The molecule has 6 aromatic carbocycles. The van der Waals surface area contributed by atoms with Gasteiger partial charge in [0, 0.05) is 8.95 Å². The van der Waals surface area contributed by atoms with Crippen LogP contribution in [0.4, 0.5) is 4.32 Å². The minimum absolute atomic E-state index is 0.237. The van der Waals surface area contributed by atoms with E-state index in [1.165, 1.54) is 55.6 Å². The van der Waals surface area contributed by atoms with Gasteiger partial charge in [0.05, 0.1) is 5.41 Å². The van der Waals surface area contributed by atoms with Crippen molar-refractivity contribution in [1.82, 2.24) is 0 Å². The summed E-state index contributed by atoms with van der Waals surface area (Å²) in [6.45, 7) is 11.1. The second-order valence-corrected chi connectivity index (χ2v) is 15.0. The van der Waals surface area contributed by atoms with Crippen LogP contribution in [-0.4, -0.2) is 6.99 Å². The minimum Gasteiger partial charge on any atom is -0.322 e. The van der Waals surface area contributed by atoms with Crippen molar-refractivity contribution in [3.8, 4) is 22.3 Å². The summed E-state index contributed by atoms with van der Waals surface area (Å²) in [6.07, 6.45) is 0. The van der Waals surface area contributed by atoms with Crippen molar-refractivity contribution in [2.45, 2.75) is 47.0 Å². The van der Waals surface area contributed by atoms with Gasteiger partial charge < -0.3 is 4.32 Å². The molecule has 0 bridgehead atoms. The van der Waals surface area contributed by atoms with Crippen molar-refractivity contribution in [3.05, 3.63) is 174 Å². The molecule has 0 heterocycles. The summed E-state index contributed by atoms with van der Waals surface area (Å²) < 4.78 is 17.4. The normalized spacial score (nSPS) is 13.0. The maximum absolute atomic E-state index is 15.2. The van der Waals surface area contributed by atoms with Gasteiger partial charge in [-0.2, -0.15) is 0 Å². The first kappa shape index (κ1) is 31.9. The Bertz CT molecular complexity index is 2010. The van der Waals surface area contributed by atoms with E-state index in [0.29, 0.717) is 0 Å². The second-order valence-electron chi connectivity index (χ2n) is 13.2. The van der Waals surface area contributed by atoms with Gasteiger partial charge in [-0.05, 0) is 121 Å². The van der Waals surface area contributed by atoms with Gasteiger partial charge in [0.2, 0.25) is 0 Å². The fraction of sp³-hybridized carbons (Fsp3) is 0.163. The maximum atomic E-state index is 15.2. The molecule has 0 fully saturated rings. The highest BCUT2D eigenvalue weighted by atomic mass is 79.9. The van der Waals surface area contributed by atoms with Crippen LogP contribution in [0.3, 0.4) is 0 Å². The molecule has 6 aromatic rings. The fourth-order valence-electron chi connectivity index (χ4n) is 8.42. The second kappa shape index (κ2) is 12.1. The lowest BCUT2D eigenvalue weighted by Crippen LogP contribution is -2.44. The van der Waals surface area contributed by atoms with Crippen molar-refractivity contribution in [3.63, 3.8) is 0 Å². The van der Waals surface area contributed by atoms with E-state index < -0.39 is 6.99 Å². The Hall–Kier alpha value is -3.73. The fourth-order valence-corrected chi connectivity index (χ4v) is 9.14. The van der Waals surface area contributed by atoms with Crippen LogP contribution in [0.2, 0.25) is 0 Å². The molecule has 2 aliphatic carbocycles. The molecule has 0 aromatic heterocycles. The summed E-state index contributed by atoms with van der Waals surface area (Å²) >= 11 is 7.37. The Kier molecular flexibility index (Phi) is 8.17. The Labute approximate surface area is 295 Å². The SMILES string of the molecule is Brc1ccc2c(c1)-c1cc(Br)ccc1C21c2ccccc2-c2ccccc21.Cc1cc(C)c(B(F)c2c(C)cc(C)cc2C)c(C)c1. The Balaban J connectivity index is 0.000000158. The van der Waals surface area contributed by atoms with Crippen molar-refractivity contribution in [1.29, 1.82) is 0 Å². The van der Waals surface area contributed by atoms with E-state index in [1.807, 2.05) is 27.7 Å². The maximum Gasteiger partial charge on any atom is 0.414 e. The van der Waals surface area contributed by atoms with Gasteiger partial charge in [0.25, 0.3) is 0 Å². The zero-order valence-corrected chi connectivity index (χ0v) is 30.8. The topological polar surface area (TPSA) is 0 Å². The first-order valence-electron chi connectivity index (χ1n) is 16.1. The van der Waals surface area contributed by atoms with Crippen molar-refractivity contribution in [2.24, 2.45) is 0 Å². The molecule has 4 heteroatoms. The summed E-state index contributed by atoms with van der Waals surface area (Å²) in [4.78, 5) is 0. The van der Waals surface area contributed by atoms with Gasteiger partial charge in [0.15, 0.2) is 0 Å². The highest BCUT2D eigenvalue weighted by Crippen LogP contribution is 2.63. The molecule has 8 rings (SSSR count). The van der Waals surface area contributed by atoms with Gasteiger partial charge >= 0.3 is 6.99 Å². The molecule has 0 unspecified atom stereocenters. The van der Waals surface area contributed by atoms with Gasteiger partial charge in [0.1, 0.15) is 0 Å². The lowest BCUT2D eigenvalue weighted by atomic mass is 9.53. The molecule has 0 nitrogen and oxygen atoms in total. The molecule has 0 radical (unpaired) electrons. The van der Waals surface area contributed by atoms with Gasteiger partial charge in [-0.15, -0.1) is 0 Å². The Morgan fingerprint density at radius 2 is 0.787 bits per heavy atom. The molecular weight excluding hydrogens is 706 g/mol. The van der Waals surface area contributed by atoms with Gasteiger partial charge in [-0.1, -0.05) is 150 Å². The van der Waals surface area contributed by atoms with Crippen LogP contribution < -0.4 is 10.9 Å². The number of hydrogen-bond donors (Lipinski definition) is 0. The summed E-state index contributed by atoms with van der Waals surface area (Å²) in [5.74, 6) is 0. The van der Waals surface area contributed by atoms with Crippen molar-refractivity contribution < 1.29 is 4.32 Å². The van der Waals surface area contributed by atoms with E-state index in [-0.39, 0.29) is 5.41 Å². The molecule has 0 amide bonds. The number of halogens is 3. The standard InChI is InChI=1S/C25H14Br2.C18H22BF/c26-15-9-11-23-19(13-15)20-14-16(27)10-12-24(20)25(23)21-7-3-1-5-17(21)18-6-2-4-8-22(18)25;1-11-7-13(3)17(14(4)8-11)19(20)18-15(5)9-12(2)10-16(18)6/h1-14H;7-10H,1-6H3. The van der Waals surface area contributed by atoms with Gasteiger partial charge in [-0.3, -0.25) is 0 Å². The number of benzene rings is 6. The first-order chi connectivity index (χ1) is 22.5. The third-order valence-electron chi connectivity index (χ3n) is 10.00. The highest BCUT2D eigenvalue weighted by molar-refractivity contribution is 9.10. The zero-order valence-electron chi connectivity index (χ0n) is 27.6. The number of aryl methyl sites for hydroxylation is 6. The molecule has 1 spiro atoms. The summed E-state index contributed by atoms with van der Waals surface area (Å²) in [7, 11) is 0. The summed E-state index contributed by atoms with van der Waals surface area (Å²) in [5.41, 5.74) is 18.8. The number of rotatable bonds is 2. The summed E-state index contributed by atoms with van der Waals surface area (Å²) in [6, 6.07) is 39.5. The predicted molar refractivity (Wildman–Crippen MR) is 206 cm³/mol. The van der Waals surface area contributed by atoms with Crippen molar-refractivity contribution in [2.75, 3.05) is 0 Å². The van der Waals surface area contributed by atoms with Crippen molar-refractivity contribution >= 4 is 49.8 Å². The third kappa shape index (κ3) is 5.07. The molecule has 47 heavy (non-hydrogen) atoms. The van der Waals surface area contributed by atoms with Crippen LogP contribution in [0, 0.1) is 41.5 Å². The van der Waals surface area contributed by atoms with E-state index in [0.717, 1.165) is 42.1 Å². The Morgan fingerprint density at radius 1 is 0.447 bits per heavy atom. The smallest absolute Gasteiger partial charge is 0.322 e. The first-order valence-corrected chi connectivity index (χ1v) is 17.7. The monoisotopic (exact) mass is 740 g/mol. The highest BCUT2D eigenvalue weighted by Gasteiger charge is 2.51. The molecular formula is C43H36BBr2F. The average molecular weight is 742 g/mol. The molecule has 0 aliphatic heterocycles. The summed E-state index contributed by atoms with van der Waals surface area (Å²) in [5, 5.41) is 0. The largest absolute Gasteiger partial charge is 0.414 e. The van der Waals surface area contributed by atoms with Crippen LogP contribution in [0.5, 0.6) is 0 Å². The van der Waals surface area contributed by atoms with E-state index in [4.69, 9.17) is 0 Å². The van der Waals surface area contributed by atoms with Crippen LogP contribution in [-0.2, 0) is 5.41 Å². The van der Waals surface area contributed by atoms with E-state index >= 15 is 4.32 Å². The quantitative estimate of drug-likeness (QED) is 0.155. The van der Waals surface area contributed by atoms with Crippen LogP contribution in [0.25, 0.3) is 22.3 Å². The molecule has 0 saturated heterocycles. The number of fused-ring (bicyclic) bond motifs is 10. The molecule has 232 valence electrons. The predicted octanol–water partition coefficient (Wildman–Crippen LogP) is 11.2. The van der Waals surface area contributed by atoms with Gasteiger partial charge in [-0.25, -0.2) is 0 Å². The van der Waals surface area contributed by atoms with Crippen LogP contribution >= 0.6 is 31.9 Å². The van der Waals surface area contributed by atoms with E-state index in [1.54, 1.807) is 0 Å². The molecule has 0 N–H and O–H groups in total. The van der Waals surface area contributed by atoms with E-state index in [9.17, 15) is 0 Å². The average Bonchev–Trinajstić information content (AvgIpc) is 3.46. The zero-order chi connectivity index (χ0) is 33.2. The third-order valence-corrected chi connectivity index (χ3v) is 11.0. The minimum atomic E-state index is -1.05.